The second-order valence-electron chi connectivity index (χ2n) is 6.65. The van der Waals surface area contributed by atoms with Gasteiger partial charge in [0, 0.05) is 24.7 Å². The van der Waals surface area contributed by atoms with E-state index in [0.29, 0.717) is 18.5 Å². The van der Waals surface area contributed by atoms with E-state index in [2.05, 4.69) is 5.32 Å². The number of hydrogen-bond donors (Lipinski definition) is 1. The van der Waals surface area contributed by atoms with Gasteiger partial charge < -0.3 is 10.2 Å². The van der Waals surface area contributed by atoms with Crippen molar-refractivity contribution in [3.05, 3.63) is 65.0 Å². The van der Waals surface area contributed by atoms with Crippen LogP contribution in [0.4, 0.5) is 18.9 Å². The molecule has 0 spiro atoms. The summed E-state index contributed by atoms with van der Waals surface area (Å²) in [6.45, 7) is 2.41. The van der Waals surface area contributed by atoms with Crippen LogP contribution in [0.2, 0.25) is 0 Å². The molecule has 0 radical (unpaired) electrons. The van der Waals surface area contributed by atoms with Gasteiger partial charge in [0.2, 0.25) is 5.91 Å². The maximum absolute atomic E-state index is 13.8. The average Bonchev–Trinajstić information content (AvgIpc) is 2.66. The Balaban J connectivity index is 1.61. The summed E-state index contributed by atoms with van der Waals surface area (Å²) >= 11 is 0. The molecule has 4 nitrogen and oxygen atoms in total. The highest BCUT2D eigenvalue weighted by molar-refractivity contribution is 5.95. The van der Waals surface area contributed by atoms with Crippen LogP contribution in [0.25, 0.3) is 0 Å². The Kier molecular flexibility index (Phi) is 5.48. The molecule has 0 aliphatic carbocycles. The third-order valence-electron chi connectivity index (χ3n) is 4.70. The highest BCUT2D eigenvalue weighted by atomic mass is 19.2. The van der Waals surface area contributed by atoms with Gasteiger partial charge in [0.25, 0.3) is 5.91 Å². The average molecular weight is 376 g/mol. The maximum atomic E-state index is 13.8. The van der Waals surface area contributed by atoms with Crippen LogP contribution in [0.15, 0.2) is 36.4 Å². The van der Waals surface area contributed by atoms with Gasteiger partial charge in [-0.15, -0.1) is 0 Å². The molecule has 1 heterocycles. The lowest BCUT2D eigenvalue weighted by atomic mass is 9.95. The summed E-state index contributed by atoms with van der Waals surface area (Å²) in [6, 6.07) is 9.11. The van der Waals surface area contributed by atoms with E-state index in [1.807, 2.05) is 25.1 Å². The lowest BCUT2D eigenvalue weighted by molar-refractivity contribution is -0.121. The number of rotatable bonds is 3. The first-order valence-corrected chi connectivity index (χ1v) is 8.67. The first-order chi connectivity index (χ1) is 12.9. The van der Waals surface area contributed by atoms with Gasteiger partial charge in [-0.1, -0.05) is 12.1 Å². The number of likely N-dealkylation sites (tertiary alicyclic amines) is 1. The summed E-state index contributed by atoms with van der Waals surface area (Å²) in [5.74, 6) is -5.59. The number of piperidine rings is 1. The minimum absolute atomic E-state index is 0.133. The van der Waals surface area contributed by atoms with Crippen molar-refractivity contribution in [1.82, 2.24) is 4.90 Å². The number of nitrogens with zero attached hydrogens (tertiary/aromatic N) is 1. The number of hydrogen-bond acceptors (Lipinski definition) is 2. The van der Waals surface area contributed by atoms with Crippen LogP contribution in [0.3, 0.4) is 0 Å². The van der Waals surface area contributed by atoms with Gasteiger partial charge in [0.05, 0.1) is 5.56 Å². The van der Waals surface area contributed by atoms with E-state index in [-0.39, 0.29) is 24.9 Å². The summed E-state index contributed by atoms with van der Waals surface area (Å²) < 4.78 is 40.2. The Hall–Kier alpha value is -2.83. The normalized spacial score (nSPS) is 14.9. The molecule has 1 saturated heterocycles. The van der Waals surface area contributed by atoms with Crippen molar-refractivity contribution in [2.45, 2.75) is 19.8 Å². The van der Waals surface area contributed by atoms with Gasteiger partial charge in [-0.2, -0.15) is 0 Å². The van der Waals surface area contributed by atoms with Crippen LogP contribution in [0.1, 0.15) is 28.8 Å². The van der Waals surface area contributed by atoms with Crippen molar-refractivity contribution < 1.29 is 22.8 Å². The predicted molar refractivity (Wildman–Crippen MR) is 94.8 cm³/mol. The molecular weight excluding hydrogens is 357 g/mol. The third kappa shape index (κ3) is 4.13. The van der Waals surface area contributed by atoms with E-state index < -0.39 is 28.9 Å². The van der Waals surface area contributed by atoms with Gasteiger partial charge in [-0.3, -0.25) is 9.59 Å². The van der Waals surface area contributed by atoms with Crippen LogP contribution >= 0.6 is 0 Å². The Morgan fingerprint density at radius 3 is 2.41 bits per heavy atom. The smallest absolute Gasteiger partial charge is 0.256 e. The zero-order valence-electron chi connectivity index (χ0n) is 14.8. The maximum Gasteiger partial charge on any atom is 0.256 e. The SMILES string of the molecule is Cc1cccc(NC(=O)C2CCN(C(=O)c3ccc(F)c(F)c3F)CC2)c1. The van der Waals surface area contributed by atoms with E-state index >= 15 is 0 Å². The molecule has 1 fully saturated rings. The molecule has 0 saturated carbocycles. The van der Waals surface area contributed by atoms with Crippen LogP contribution < -0.4 is 5.32 Å². The predicted octanol–water partition coefficient (Wildman–Crippen LogP) is 3.90. The number of carbonyl (C=O) groups excluding carboxylic acids is 2. The summed E-state index contributed by atoms with van der Waals surface area (Å²) in [7, 11) is 0. The monoisotopic (exact) mass is 376 g/mol. The Labute approximate surface area is 155 Å². The molecule has 0 unspecified atom stereocenters. The standard InChI is InChI=1S/C20H19F3N2O2/c1-12-3-2-4-14(11-12)24-19(26)13-7-9-25(10-8-13)20(27)15-5-6-16(21)18(23)17(15)22/h2-6,11,13H,7-10H2,1H3,(H,24,26). The fourth-order valence-electron chi connectivity index (χ4n) is 3.17. The quantitative estimate of drug-likeness (QED) is 0.826. The van der Waals surface area contributed by atoms with Crippen molar-refractivity contribution in [3.63, 3.8) is 0 Å². The number of benzene rings is 2. The third-order valence-corrected chi connectivity index (χ3v) is 4.70. The van der Waals surface area contributed by atoms with Crippen molar-refractivity contribution >= 4 is 17.5 Å². The number of anilines is 1. The number of halogens is 3. The molecule has 0 aromatic heterocycles. The van der Waals surface area contributed by atoms with Gasteiger partial charge in [0.1, 0.15) is 0 Å². The first kappa shape index (κ1) is 18.9. The number of aryl methyl sites for hydroxylation is 1. The van der Waals surface area contributed by atoms with E-state index in [4.69, 9.17) is 0 Å². The number of nitrogens with one attached hydrogen (secondary N) is 1. The largest absolute Gasteiger partial charge is 0.339 e. The topological polar surface area (TPSA) is 49.4 Å². The molecule has 2 aromatic carbocycles. The second kappa shape index (κ2) is 7.82. The molecular formula is C20H19F3N2O2. The molecule has 0 bridgehead atoms. The fraction of sp³-hybridized carbons (Fsp3) is 0.300. The molecule has 0 atom stereocenters. The highest BCUT2D eigenvalue weighted by Gasteiger charge is 2.30. The van der Waals surface area contributed by atoms with Gasteiger partial charge >= 0.3 is 0 Å². The molecule has 27 heavy (non-hydrogen) atoms. The van der Waals surface area contributed by atoms with Crippen molar-refractivity contribution in [2.75, 3.05) is 18.4 Å². The van der Waals surface area contributed by atoms with E-state index in [1.165, 1.54) is 4.90 Å². The molecule has 2 amide bonds. The van der Waals surface area contributed by atoms with Crippen LogP contribution in [-0.2, 0) is 4.79 Å². The minimum atomic E-state index is -1.66. The highest BCUT2D eigenvalue weighted by Crippen LogP contribution is 2.23. The van der Waals surface area contributed by atoms with Crippen molar-refractivity contribution in [3.8, 4) is 0 Å². The molecule has 1 aliphatic heterocycles. The Morgan fingerprint density at radius 1 is 1.04 bits per heavy atom. The lowest BCUT2D eigenvalue weighted by Crippen LogP contribution is -2.41. The second-order valence-corrected chi connectivity index (χ2v) is 6.65. The van der Waals surface area contributed by atoms with Gasteiger partial charge in [-0.05, 0) is 49.6 Å². The molecule has 7 heteroatoms. The summed E-state index contributed by atoms with van der Waals surface area (Å²) in [6.07, 6.45) is 0.823. The lowest BCUT2D eigenvalue weighted by Gasteiger charge is -2.31. The van der Waals surface area contributed by atoms with Crippen molar-refractivity contribution in [2.24, 2.45) is 5.92 Å². The molecule has 142 valence electrons. The minimum Gasteiger partial charge on any atom is -0.339 e. The zero-order valence-corrected chi connectivity index (χ0v) is 14.8. The number of carbonyl (C=O) groups is 2. The molecule has 1 N–H and O–H groups in total. The molecule has 3 rings (SSSR count). The first-order valence-electron chi connectivity index (χ1n) is 8.67. The summed E-state index contributed by atoms with van der Waals surface area (Å²) in [4.78, 5) is 26.1. The molecule has 2 aromatic rings. The molecule has 1 aliphatic rings. The van der Waals surface area contributed by atoms with E-state index in [9.17, 15) is 22.8 Å². The van der Waals surface area contributed by atoms with E-state index in [0.717, 1.165) is 17.7 Å². The van der Waals surface area contributed by atoms with Crippen LogP contribution in [-0.4, -0.2) is 29.8 Å². The summed E-state index contributed by atoms with van der Waals surface area (Å²) in [5, 5.41) is 2.86. The fourth-order valence-corrected chi connectivity index (χ4v) is 3.17. The van der Waals surface area contributed by atoms with E-state index in [1.54, 1.807) is 6.07 Å². The zero-order chi connectivity index (χ0) is 19.6. The van der Waals surface area contributed by atoms with Gasteiger partial charge in [-0.25, -0.2) is 13.2 Å². The van der Waals surface area contributed by atoms with Crippen molar-refractivity contribution in [1.29, 1.82) is 0 Å². The Morgan fingerprint density at radius 2 is 1.74 bits per heavy atom. The Bertz CT molecular complexity index is 878. The summed E-state index contributed by atoms with van der Waals surface area (Å²) in [5.41, 5.74) is 1.24. The number of amides is 2. The van der Waals surface area contributed by atoms with Gasteiger partial charge in [0.15, 0.2) is 17.5 Å². The van der Waals surface area contributed by atoms with Crippen LogP contribution in [0.5, 0.6) is 0 Å². The van der Waals surface area contributed by atoms with Crippen LogP contribution in [0, 0.1) is 30.3 Å².